The molecule has 3 aromatic rings. The van der Waals surface area contributed by atoms with Crippen LogP contribution < -0.4 is 10.3 Å². The van der Waals surface area contributed by atoms with Crippen LogP contribution in [0, 0.1) is 12.7 Å². The number of nitrogens with zero attached hydrogens (tertiary/aromatic N) is 2. The van der Waals surface area contributed by atoms with Crippen LogP contribution in [-0.4, -0.2) is 32.3 Å². The van der Waals surface area contributed by atoms with E-state index in [-0.39, 0.29) is 27.1 Å². The molecule has 0 bridgehead atoms. The highest BCUT2D eigenvalue weighted by molar-refractivity contribution is 7.85. The van der Waals surface area contributed by atoms with Crippen LogP contribution in [0.1, 0.15) is 5.56 Å². The predicted octanol–water partition coefficient (Wildman–Crippen LogP) is 4.10. The summed E-state index contributed by atoms with van der Waals surface area (Å²) in [5, 5.41) is -0.186. The highest BCUT2D eigenvalue weighted by atomic mass is 32.2. The lowest BCUT2D eigenvalue weighted by Gasteiger charge is -2.13. The Labute approximate surface area is 167 Å². The maximum absolute atomic E-state index is 14.5. The van der Waals surface area contributed by atoms with Gasteiger partial charge in [-0.1, -0.05) is 0 Å². The molecule has 0 saturated carbocycles. The highest BCUT2D eigenvalue weighted by Gasteiger charge is 2.32. The Hall–Kier alpha value is -2.89. The minimum atomic E-state index is -4.71. The summed E-state index contributed by atoms with van der Waals surface area (Å²) in [6.45, 7) is -1.85. The van der Waals surface area contributed by atoms with E-state index in [1.807, 2.05) is 0 Å². The zero-order valence-electron chi connectivity index (χ0n) is 15.0. The number of ether oxygens (including phenoxy) is 1. The molecule has 5 nitrogen and oxygen atoms in total. The molecule has 1 aromatic heterocycles. The average molecular weight is 450 g/mol. The number of hydrogen-bond acceptors (Lipinski definition) is 4. The lowest BCUT2D eigenvalue weighted by Crippen LogP contribution is -2.22. The van der Waals surface area contributed by atoms with Gasteiger partial charge in [0, 0.05) is 4.90 Å². The van der Waals surface area contributed by atoms with E-state index in [0.29, 0.717) is 4.57 Å². The lowest BCUT2D eigenvalue weighted by molar-refractivity contribution is -0.105. The Morgan fingerprint density at radius 2 is 1.90 bits per heavy atom. The molecule has 0 aliphatic carbocycles. The van der Waals surface area contributed by atoms with Crippen molar-refractivity contribution >= 4 is 21.7 Å². The van der Waals surface area contributed by atoms with Gasteiger partial charge in [-0.05, 0) is 42.8 Å². The van der Waals surface area contributed by atoms with E-state index in [2.05, 4.69) is 9.72 Å². The fraction of sp³-hybridized carbons (Fsp3) is 0.222. The van der Waals surface area contributed by atoms with Crippen molar-refractivity contribution in [2.24, 2.45) is 0 Å². The molecule has 1 heterocycles. The molecule has 0 aliphatic rings. The van der Waals surface area contributed by atoms with E-state index in [4.69, 9.17) is 0 Å². The topological polar surface area (TPSA) is 61.2 Å². The van der Waals surface area contributed by atoms with E-state index in [9.17, 15) is 35.3 Å². The molecule has 30 heavy (non-hydrogen) atoms. The van der Waals surface area contributed by atoms with Gasteiger partial charge in [0.1, 0.15) is 23.6 Å². The normalized spacial score (nSPS) is 13.1. The Morgan fingerprint density at radius 3 is 2.53 bits per heavy atom. The van der Waals surface area contributed by atoms with Gasteiger partial charge in [0.25, 0.3) is 5.56 Å². The maximum Gasteiger partial charge on any atom is 0.400 e. The maximum atomic E-state index is 14.5. The van der Waals surface area contributed by atoms with Crippen LogP contribution in [0.3, 0.4) is 0 Å². The molecule has 2 aromatic carbocycles. The minimum absolute atomic E-state index is 0.00764. The third-order valence-electron chi connectivity index (χ3n) is 4.00. The first-order chi connectivity index (χ1) is 14.0. The molecular formula is C18H12F6N2O3S. The standard InChI is InChI=1S/C18H12F6N2O3S/c1-9-4-12(19)14(6-15(9)30(28)7-18(22,23)24)26-8-25-13-3-2-10(29-17(20)21)5-11(13)16(26)27/h2-6,8,17H,7H2,1H3. The zero-order chi connectivity index (χ0) is 22.2. The van der Waals surface area contributed by atoms with E-state index in [0.717, 1.165) is 30.6 Å². The minimum Gasteiger partial charge on any atom is -0.435 e. The summed E-state index contributed by atoms with van der Waals surface area (Å²) < 4.78 is 94.2. The van der Waals surface area contributed by atoms with Gasteiger partial charge in [-0.3, -0.25) is 13.6 Å². The summed E-state index contributed by atoms with van der Waals surface area (Å²) >= 11 is 0. The summed E-state index contributed by atoms with van der Waals surface area (Å²) in [4.78, 5) is 16.4. The number of halogens is 6. The second-order valence-electron chi connectivity index (χ2n) is 6.15. The number of fused-ring (bicyclic) bond motifs is 1. The Balaban J connectivity index is 2.15. The molecule has 0 amide bonds. The fourth-order valence-electron chi connectivity index (χ4n) is 2.75. The second-order valence-corrected chi connectivity index (χ2v) is 7.57. The van der Waals surface area contributed by atoms with Gasteiger partial charge in [0.15, 0.2) is 0 Å². The van der Waals surface area contributed by atoms with Crippen molar-refractivity contribution in [3.05, 3.63) is 58.4 Å². The van der Waals surface area contributed by atoms with Gasteiger partial charge < -0.3 is 4.74 Å². The summed E-state index contributed by atoms with van der Waals surface area (Å²) in [5.41, 5.74) is -1.25. The summed E-state index contributed by atoms with van der Waals surface area (Å²) in [7, 11) is -2.53. The predicted molar refractivity (Wildman–Crippen MR) is 96.0 cm³/mol. The molecule has 1 unspecified atom stereocenters. The van der Waals surface area contributed by atoms with Gasteiger partial charge in [0.2, 0.25) is 0 Å². The van der Waals surface area contributed by atoms with Gasteiger partial charge in [-0.25, -0.2) is 9.37 Å². The molecular weight excluding hydrogens is 438 g/mol. The number of aromatic nitrogens is 2. The van der Waals surface area contributed by atoms with Gasteiger partial charge in [-0.2, -0.15) is 22.0 Å². The van der Waals surface area contributed by atoms with Crippen LogP contribution in [-0.2, 0) is 10.8 Å². The summed E-state index contributed by atoms with van der Waals surface area (Å²) in [6, 6.07) is 5.12. The first kappa shape index (κ1) is 21.8. The number of rotatable bonds is 5. The number of alkyl halides is 5. The first-order valence-corrected chi connectivity index (χ1v) is 9.50. The summed E-state index contributed by atoms with van der Waals surface area (Å²) in [5.74, 6) is -2.94. The molecule has 12 heteroatoms. The summed E-state index contributed by atoms with van der Waals surface area (Å²) in [6.07, 6.45) is -3.78. The largest absolute Gasteiger partial charge is 0.435 e. The van der Waals surface area contributed by atoms with Crippen molar-refractivity contribution in [3.8, 4) is 11.4 Å². The van der Waals surface area contributed by atoms with Crippen molar-refractivity contribution < 1.29 is 35.3 Å². The molecule has 1 atom stereocenters. The van der Waals surface area contributed by atoms with Gasteiger partial charge in [-0.15, -0.1) is 0 Å². The first-order valence-electron chi connectivity index (χ1n) is 8.18. The van der Waals surface area contributed by atoms with Crippen LogP contribution >= 0.6 is 0 Å². The van der Waals surface area contributed by atoms with Gasteiger partial charge in [0.05, 0.1) is 27.4 Å². The van der Waals surface area contributed by atoms with Crippen LogP contribution in [0.2, 0.25) is 0 Å². The smallest absolute Gasteiger partial charge is 0.400 e. The molecule has 0 fully saturated rings. The number of benzene rings is 2. The zero-order valence-corrected chi connectivity index (χ0v) is 15.9. The van der Waals surface area contributed by atoms with Crippen LogP contribution in [0.5, 0.6) is 5.75 Å². The average Bonchev–Trinajstić information content (AvgIpc) is 2.61. The highest BCUT2D eigenvalue weighted by Crippen LogP contribution is 2.26. The van der Waals surface area contributed by atoms with E-state index >= 15 is 0 Å². The SMILES string of the molecule is Cc1cc(F)c(-n2cnc3ccc(OC(F)F)cc3c2=O)cc1S(=O)CC(F)(F)F. The molecule has 0 aliphatic heterocycles. The number of hydrogen-bond donors (Lipinski definition) is 0. The van der Waals surface area contributed by atoms with Crippen LogP contribution in [0.15, 0.2) is 46.3 Å². The Bertz CT molecular complexity index is 1190. The van der Waals surface area contributed by atoms with Crippen LogP contribution in [0.25, 0.3) is 16.6 Å². The number of aryl methyl sites for hydroxylation is 1. The third kappa shape index (κ3) is 4.64. The Kier molecular flexibility index (Phi) is 5.88. The van der Waals surface area contributed by atoms with E-state index in [1.165, 1.54) is 13.0 Å². The van der Waals surface area contributed by atoms with Crippen LogP contribution in [0.4, 0.5) is 26.3 Å². The molecule has 3 rings (SSSR count). The van der Waals surface area contributed by atoms with Crippen molar-refractivity contribution in [2.45, 2.75) is 24.6 Å². The lowest BCUT2D eigenvalue weighted by atomic mass is 10.2. The molecule has 0 spiro atoms. The molecule has 160 valence electrons. The fourth-order valence-corrected chi connectivity index (χ4v) is 3.86. The van der Waals surface area contributed by atoms with Gasteiger partial charge >= 0.3 is 12.8 Å². The third-order valence-corrected chi connectivity index (χ3v) is 5.52. The van der Waals surface area contributed by atoms with Crippen molar-refractivity contribution in [1.82, 2.24) is 9.55 Å². The molecule has 0 radical (unpaired) electrons. The second kappa shape index (κ2) is 8.09. The van der Waals surface area contributed by atoms with E-state index < -0.39 is 46.4 Å². The van der Waals surface area contributed by atoms with Crippen molar-refractivity contribution in [1.29, 1.82) is 0 Å². The Morgan fingerprint density at radius 1 is 1.20 bits per heavy atom. The monoisotopic (exact) mass is 450 g/mol. The van der Waals surface area contributed by atoms with E-state index in [1.54, 1.807) is 0 Å². The molecule has 0 saturated heterocycles. The van der Waals surface area contributed by atoms with Crippen molar-refractivity contribution in [2.75, 3.05) is 5.75 Å². The van der Waals surface area contributed by atoms with Crippen molar-refractivity contribution in [3.63, 3.8) is 0 Å². The molecule has 0 N–H and O–H groups in total. The quantitative estimate of drug-likeness (QED) is 0.549.